The van der Waals surface area contributed by atoms with Gasteiger partial charge in [0, 0.05) is 12.3 Å². The van der Waals surface area contributed by atoms with E-state index in [0.29, 0.717) is 16.9 Å². The van der Waals surface area contributed by atoms with Crippen molar-refractivity contribution in [1.82, 2.24) is 20.2 Å². The summed E-state index contributed by atoms with van der Waals surface area (Å²) in [6, 6.07) is 10.1. The molecule has 0 aliphatic rings. The van der Waals surface area contributed by atoms with E-state index in [-0.39, 0.29) is 11.2 Å². The van der Waals surface area contributed by atoms with Gasteiger partial charge in [0.05, 0.1) is 5.25 Å². The Morgan fingerprint density at radius 1 is 1.32 bits per heavy atom. The van der Waals surface area contributed by atoms with Gasteiger partial charge in [-0.05, 0) is 19.4 Å². The Balaban J connectivity index is 1.96. The van der Waals surface area contributed by atoms with Crippen molar-refractivity contribution in [2.24, 2.45) is 0 Å². The third kappa shape index (κ3) is 4.41. The number of nitrogens with zero attached hydrogens (tertiary/aromatic N) is 3. The molecule has 0 saturated heterocycles. The van der Waals surface area contributed by atoms with Crippen LogP contribution in [0.4, 0.5) is 0 Å². The fourth-order valence-electron chi connectivity index (χ4n) is 1.69. The molecule has 3 N–H and O–H groups in total. The molecule has 0 bridgehead atoms. The number of thioether (sulfide) groups is 2. The van der Waals surface area contributed by atoms with Crippen molar-refractivity contribution in [3.63, 3.8) is 0 Å². The number of hydrogen-bond donors (Lipinski definition) is 2. The van der Waals surface area contributed by atoms with E-state index in [1.54, 1.807) is 0 Å². The normalized spacial score (nSPS) is 12.1. The Morgan fingerprint density at radius 3 is 2.68 bits per heavy atom. The van der Waals surface area contributed by atoms with Gasteiger partial charge in [-0.15, -0.1) is 10.2 Å². The highest BCUT2D eigenvalue weighted by Gasteiger charge is 2.18. The number of rotatable bonds is 7. The Bertz CT molecular complexity index is 617. The van der Waals surface area contributed by atoms with Crippen LogP contribution >= 0.6 is 23.5 Å². The topological polar surface area (TPSA) is 85.8 Å². The first-order valence-electron chi connectivity index (χ1n) is 6.93. The molecule has 2 rings (SSSR count). The molecule has 22 heavy (non-hydrogen) atoms. The van der Waals surface area contributed by atoms with Crippen LogP contribution in [0.1, 0.15) is 19.4 Å². The van der Waals surface area contributed by atoms with Crippen molar-refractivity contribution in [3.8, 4) is 0 Å². The fourth-order valence-corrected chi connectivity index (χ4v) is 3.36. The lowest BCUT2D eigenvalue weighted by atomic mass is 10.2. The van der Waals surface area contributed by atoms with Gasteiger partial charge in [0.1, 0.15) is 0 Å². The molecule has 0 radical (unpaired) electrons. The summed E-state index contributed by atoms with van der Waals surface area (Å²) in [5.74, 6) is 6.75. The predicted octanol–water partition coefficient (Wildman–Crippen LogP) is 1.90. The Morgan fingerprint density at radius 2 is 2.00 bits per heavy atom. The van der Waals surface area contributed by atoms with Gasteiger partial charge in [0.25, 0.3) is 0 Å². The molecule has 0 fully saturated rings. The van der Waals surface area contributed by atoms with Crippen molar-refractivity contribution in [3.05, 3.63) is 35.9 Å². The Hall–Kier alpha value is -1.67. The zero-order valence-electron chi connectivity index (χ0n) is 12.5. The minimum absolute atomic E-state index is 0.0333. The number of nitrogen functional groups attached to an aromatic ring is 1. The van der Waals surface area contributed by atoms with E-state index in [1.807, 2.05) is 32.0 Å². The quantitative estimate of drug-likeness (QED) is 0.593. The van der Waals surface area contributed by atoms with Crippen LogP contribution in [0.3, 0.4) is 0 Å². The van der Waals surface area contributed by atoms with Crippen LogP contribution < -0.4 is 11.2 Å². The highest BCUT2D eigenvalue weighted by atomic mass is 32.2. The second kappa shape index (κ2) is 8.09. The maximum Gasteiger partial charge on any atom is 0.233 e. The minimum Gasteiger partial charge on any atom is -0.355 e. The van der Waals surface area contributed by atoms with Crippen LogP contribution in [0.5, 0.6) is 0 Å². The number of hydrogen-bond acceptors (Lipinski definition) is 6. The predicted molar refractivity (Wildman–Crippen MR) is 90.2 cm³/mol. The maximum atomic E-state index is 11.7. The van der Waals surface area contributed by atoms with Gasteiger partial charge in [-0.2, -0.15) is 0 Å². The summed E-state index contributed by atoms with van der Waals surface area (Å²) in [4.78, 5) is 11.7. The SMILES string of the molecule is CCNC(=O)[C@H](C)Sc1nnc(SCc2ccccc2)n1N. The van der Waals surface area contributed by atoms with Crippen LogP contribution in [0.2, 0.25) is 0 Å². The van der Waals surface area contributed by atoms with E-state index in [4.69, 9.17) is 5.84 Å². The minimum atomic E-state index is -0.265. The zero-order chi connectivity index (χ0) is 15.9. The molecule has 8 heteroatoms. The summed E-state index contributed by atoms with van der Waals surface area (Å²) >= 11 is 2.82. The molecule has 0 unspecified atom stereocenters. The Kier molecular flexibility index (Phi) is 6.14. The molecule has 1 aromatic heterocycles. The largest absolute Gasteiger partial charge is 0.355 e. The number of amides is 1. The standard InChI is InChI=1S/C14H19N5OS2/c1-3-16-12(20)10(2)22-14-18-17-13(19(14)15)21-9-11-7-5-4-6-8-11/h4-8,10H,3,9,15H2,1-2H3,(H,16,20)/t10-/m0/s1. The lowest BCUT2D eigenvalue weighted by Crippen LogP contribution is -2.31. The van der Waals surface area contributed by atoms with Gasteiger partial charge in [0.2, 0.25) is 16.2 Å². The number of carbonyl (C=O) groups is 1. The number of benzene rings is 1. The van der Waals surface area contributed by atoms with E-state index in [2.05, 4.69) is 27.6 Å². The lowest BCUT2D eigenvalue weighted by molar-refractivity contribution is -0.120. The molecule has 2 aromatic rings. The van der Waals surface area contributed by atoms with Crippen molar-refractivity contribution in [2.75, 3.05) is 12.4 Å². The van der Waals surface area contributed by atoms with E-state index >= 15 is 0 Å². The summed E-state index contributed by atoms with van der Waals surface area (Å²) in [7, 11) is 0. The van der Waals surface area contributed by atoms with Crippen LogP contribution in [-0.2, 0) is 10.5 Å². The molecule has 1 heterocycles. The van der Waals surface area contributed by atoms with Crippen LogP contribution in [0.25, 0.3) is 0 Å². The number of aromatic nitrogens is 3. The van der Waals surface area contributed by atoms with Gasteiger partial charge >= 0.3 is 0 Å². The molecule has 1 atom stereocenters. The highest BCUT2D eigenvalue weighted by Crippen LogP contribution is 2.26. The van der Waals surface area contributed by atoms with E-state index in [0.717, 1.165) is 5.75 Å². The first kappa shape index (κ1) is 16.7. The molecular formula is C14H19N5OS2. The smallest absolute Gasteiger partial charge is 0.233 e. The second-order valence-corrected chi connectivity index (χ2v) is 6.81. The number of nitrogens with two attached hydrogens (primary N) is 1. The first-order chi connectivity index (χ1) is 10.6. The third-order valence-corrected chi connectivity index (χ3v) is 4.92. The van der Waals surface area contributed by atoms with Gasteiger partial charge in [-0.25, -0.2) is 4.68 Å². The molecule has 6 nitrogen and oxygen atoms in total. The fraction of sp³-hybridized carbons (Fsp3) is 0.357. The monoisotopic (exact) mass is 337 g/mol. The molecular weight excluding hydrogens is 318 g/mol. The molecule has 0 saturated carbocycles. The average molecular weight is 337 g/mol. The van der Waals surface area contributed by atoms with Crippen molar-refractivity contribution in [1.29, 1.82) is 0 Å². The van der Waals surface area contributed by atoms with Gasteiger partial charge in [-0.1, -0.05) is 53.9 Å². The van der Waals surface area contributed by atoms with Crippen molar-refractivity contribution in [2.45, 2.75) is 35.2 Å². The van der Waals surface area contributed by atoms with Crippen LogP contribution in [-0.4, -0.2) is 32.6 Å². The molecule has 118 valence electrons. The summed E-state index contributed by atoms with van der Waals surface area (Å²) in [6.07, 6.45) is 0. The van der Waals surface area contributed by atoms with Gasteiger partial charge < -0.3 is 11.2 Å². The van der Waals surface area contributed by atoms with Gasteiger partial charge in [0.15, 0.2) is 0 Å². The van der Waals surface area contributed by atoms with Crippen LogP contribution in [0, 0.1) is 0 Å². The zero-order valence-corrected chi connectivity index (χ0v) is 14.2. The lowest BCUT2D eigenvalue weighted by Gasteiger charge is -2.10. The average Bonchev–Trinajstić information content (AvgIpc) is 2.87. The maximum absolute atomic E-state index is 11.7. The third-order valence-electron chi connectivity index (χ3n) is 2.85. The molecule has 0 aliphatic carbocycles. The number of nitrogens with one attached hydrogen (secondary N) is 1. The van der Waals surface area contributed by atoms with Crippen molar-refractivity contribution >= 4 is 29.4 Å². The molecule has 1 amide bonds. The molecule has 1 aromatic carbocycles. The van der Waals surface area contributed by atoms with E-state index in [1.165, 1.54) is 33.8 Å². The van der Waals surface area contributed by atoms with E-state index < -0.39 is 0 Å². The van der Waals surface area contributed by atoms with Crippen LogP contribution in [0.15, 0.2) is 40.6 Å². The summed E-state index contributed by atoms with van der Waals surface area (Å²) < 4.78 is 1.44. The number of carbonyl (C=O) groups excluding carboxylic acids is 1. The second-order valence-electron chi connectivity index (χ2n) is 4.56. The molecule has 0 spiro atoms. The van der Waals surface area contributed by atoms with Gasteiger partial charge in [-0.3, -0.25) is 4.79 Å². The van der Waals surface area contributed by atoms with E-state index in [9.17, 15) is 4.79 Å². The Labute approximate surface area is 138 Å². The first-order valence-corrected chi connectivity index (χ1v) is 8.80. The summed E-state index contributed by atoms with van der Waals surface area (Å²) in [5.41, 5.74) is 1.19. The molecule has 0 aliphatic heterocycles. The highest BCUT2D eigenvalue weighted by molar-refractivity contribution is 8.00. The van der Waals surface area contributed by atoms with Crippen molar-refractivity contribution < 1.29 is 4.79 Å². The summed E-state index contributed by atoms with van der Waals surface area (Å²) in [5, 5.41) is 11.8. The summed E-state index contributed by atoms with van der Waals surface area (Å²) in [6.45, 7) is 4.32.